The number of ketones is 1. The van der Waals surface area contributed by atoms with E-state index >= 15 is 0 Å². The van der Waals surface area contributed by atoms with Crippen molar-refractivity contribution in [1.29, 1.82) is 5.26 Å². The number of hydrogen-bond acceptors (Lipinski definition) is 4. The number of aromatic hydroxyl groups is 1. The van der Waals surface area contributed by atoms with Gasteiger partial charge in [0.25, 0.3) is 5.56 Å². The topological polar surface area (TPSA) is 83.1 Å². The van der Waals surface area contributed by atoms with Crippen molar-refractivity contribution in [2.24, 2.45) is 0 Å². The van der Waals surface area contributed by atoms with Crippen molar-refractivity contribution >= 4 is 29.0 Å². The molecule has 0 aliphatic rings. The molecule has 25 heavy (non-hydrogen) atoms. The number of rotatable bonds is 5. The van der Waals surface area contributed by atoms with Crippen molar-refractivity contribution in [3.8, 4) is 11.9 Å². The number of pyridine rings is 1. The molecule has 1 heterocycles. The van der Waals surface area contributed by atoms with Crippen LogP contribution in [0.1, 0.15) is 46.8 Å². The Kier molecular flexibility index (Phi) is 5.89. The number of carbonyl (C=O) groups is 1. The van der Waals surface area contributed by atoms with E-state index in [0.29, 0.717) is 11.4 Å². The minimum absolute atomic E-state index is 0.100. The standard InChI is InChI=1S/C18H16Cl2N2O3/c1-3-4-7-22-17(24)13(9-21)10(2)15(18(22)25)16(23)12-6-5-11(19)8-14(12)20/h5-6,8,25H,3-4,7H2,1-2H3. The molecule has 0 unspecified atom stereocenters. The van der Waals surface area contributed by atoms with Crippen LogP contribution in [-0.2, 0) is 6.54 Å². The van der Waals surface area contributed by atoms with Gasteiger partial charge in [-0.05, 0) is 37.1 Å². The molecule has 0 aliphatic carbocycles. The highest BCUT2D eigenvalue weighted by atomic mass is 35.5. The van der Waals surface area contributed by atoms with Gasteiger partial charge in [-0.3, -0.25) is 14.2 Å². The van der Waals surface area contributed by atoms with E-state index in [-0.39, 0.29) is 33.8 Å². The third-order valence-electron chi connectivity index (χ3n) is 3.94. The van der Waals surface area contributed by atoms with E-state index in [1.165, 1.54) is 25.1 Å². The molecule has 0 saturated heterocycles. The van der Waals surface area contributed by atoms with Gasteiger partial charge >= 0.3 is 0 Å². The van der Waals surface area contributed by atoms with Crippen molar-refractivity contribution in [1.82, 2.24) is 4.57 Å². The van der Waals surface area contributed by atoms with Gasteiger partial charge in [-0.1, -0.05) is 36.5 Å². The average molecular weight is 379 g/mol. The van der Waals surface area contributed by atoms with Crippen LogP contribution in [0.15, 0.2) is 23.0 Å². The zero-order chi connectivity index (χ0) is 18.7. The maximum Gasteiger partial charge on any atom is 0.271 e. The fourth-order valence-electron chi connectivity index (χ4n) is 2.55. The van der Waals surface area contributed by atoms with Gasteiger partial charge in [0.1, 0.15) is 11.6 Å². The number of carbonyl (C=O) groups excluding carboxylic acids is 1. The van der Waals surface area contributed by atoms with Gasteiger partial charge in [0, 0.05) is 17.1 Å². The molecule has 0 spiro atoms. The van der Waals surface area contributed by atoms with E-state index < -0.39 is 17.2 Å². The SMILES string of the molecule is CCCCn1c(O)c(C(=O)c2ccc(Cl)cc2Cl)c(C)c(C#N)c1=O. The second kappa shape index (κ2) is 7.73. The molecule has 1 N–H and O–H groups in total. The number of hydrogen-bond donors (Lipinski definition) is 1. The maximum absolute atomic E-state index is 12.9. The quantitative estimate of drug-likeness (QED) is 0.794. The van der Waals surface area contributed by atoms with Gasteiger partial charge in [0.15, 0.2) is 5.78 Å². The van der Waals surface area contributed by atoms with Gasteiger partial charge in [-0.15, -0.1) is 0 Å². The zero-order valence-electron chi connectivity index (χ0n) is 13.8. The molecule has 0 saturated carbocycles. The second-order valence-corrected chi connectivity index (χ2v) is 6.42. The first-order valence-electron chi connectivity index (χ1n) is 7.69. The number of unbranched alkanes of at least 4 members (excludes halogenated alkanes) is 1. The maximum atomic E-state index is 12.9. The summed E-state index contributed by atoms with van der Waals surface area (Å²) in [4.78, 5) is 25.3. The lowest BCUT2D eigenvalue weighted by Crippen LogP contribution is -2.27. The van der Waals surface area contributed by atoms with Crippen LogP contribution < -0.4 is 5.56 Å². The molecule has 1 aromatic carbocycles. The Morgan fingerprint density at radius 3 is 2.60 bits per heavy atom. The lowest BCUT2D eigenvalue weighted by atomic mass is 9.97. The van der Waals surface area contributed by atoms with Gasteiger partial charge in [-0.25, -0.2) is 0 Å². The molecular weight excluding hydrogens is 363 g/mol. The third-order valence-corrected chi connectivity index (χ3v) is 4.49. The van der Waals surface area contributed by atoms with Gasteiger partial charge in [0.05, 0.1) is 10.6 Å². The molecule has 7 heteroatoms. The Morgan fingerprint density at radius 2 is 2.04 bits per heavy atom. The summed E-state index contributed by atoms with van der Waals surface area (Å²) in [6, 6.07) is 6.19. The van der Waals surface area contributed by atoms with Gasteiger partial charge < -0.3 is 5.11 Å². The van der Waals surface area contributed by atoms with Crippen LogP contribution >= 0.6 is 23.2 Å². The molecule has 0 radical (unpaired) electrons. The van der Waals surface area contributed by atoms with Gasteiger partial charge in [0.2, 0.25) is 5.88 Å². The molecule has 0 aliphatic heterocycles. The van der Waals surface area contributed by atoms with Crippen molar-refractivity contribution in [3.05, 3.63) is 60.9 Å². The third kappa shape index (κ3) is 3.55. The van der Waals surface area contributed by atoms with Crippen molar-refractivity contribution < 1.29 is 9.90 Å². The summed E-state index contributed by atoms with van der Waals surface area (Å²) in [7, 11) is 0. The van der Waals surface area contributed by atoms with Crippen molar-refractivity contribution in [3.63, 3.8) is 0 Å². The van der Waals surface area contributed by atoms with E-state index in [2.05, 4.69) is 0 Å². The fourth-order valence-corrected chi connectivity index (χ4v) is 3.05. The van der Waals surface area contributed by atoms with E-state index in [9.17, 15) is 20.0 Å². The lowest BCUT2D eigenvalue weighted by molar-refractivity contribution is 0.103. The number of aromatic nitrogens is 1. The molecule has 0 amide bonds. The molecule has 0 atom stereocenters. The van der Waals surface area contributed by atoms with E-state index in [1.807, 2.05) is 13.0 Å². The lowest BCUT2D eigenvalue weighted by Gasteiger charge is -2.15. The van der Waals surface area contributed by atoms with Gasteiger partial charge in [-0.2, -0.15) is 5.26 Å². The summed E-state index contributed by atoms with van der Waals surface area (Å²) in [5.41, 5.74) is -0.605. The first kappa shape index (κ1) is 19.0. The molecule has 2 aromatic rings. The van der Waals surface area contributed by atoms with Crippen LogP contribution in [0.25, 0.3) is 0 Å². The Balaban J connectivity index is 2.74. The predicted octanol–water partition coefficient (Wildman–Crippen LogP) is 4.07. The van der Waals surface area contributed by atoms with Crippen LogP contribution in [0.2, 0.25) is 10.0 Å². The predicted molar refractivity (Wildman–Crippen MR) is 96.6 cm³/mol. The molecule has 1 aromatic heterocycles. The minimum Gasteiger partial charge on any atom is -0.494 e. The number of halogens is 2. The number of nitriles is 1. The molecule has 130 valence electrons. The zero-order valence-corrected chi connectivity index (χ0v) is 15.3. The monoisotopic (exact) mass is 378 g/mol. The average Bonchev–Trinajstić information content (AvgIpc) is 2.55. The van der Waals surface area contributed by atoms with Crippen molar-refractivity contribution in [2.75, 3.05) is 0 Å². The van der Waals surface area contributed by atoms with E-state index in [4.69, 9.17) is 23.2 Å². The first-order valence-corrected chi connectivity index (χ1v) is 8.45. The smallest absolute Gasteiger partial charge is 0.271 e. The van der Waals surface area contributed by atoms with Crippen LogP contribution in [-0.4, -0.2) is 15.5 Å². The summed E-state index contributed by atoms with van der Waals surface area (Å²) >= 11 is 11.9. The highest BCUT2D eigenvalue weighted by molar-refractivity contribution is 6.37. The second-order valence-electron chi connectivity index (χ2n) is 5.57. The minimum atomic E-state index is -0.607. The van der Waals surface area contributed by atoms with Crippen LogP contribution in [0.5, 0.6) is 5.88 Å². The molecule has 5 nitrogen and oxygen atoms in total. The Morgan fingerprint density at radius 1 is 1.36 bits per heavy atom. The van der Waals surface area contributed by atoms with Crippen molar-refractivity contribution in [2.45, 2.75) is 33.2 Å². The highest BCUT2D eigenvalue weighted by Gasteiger charge is 2.25. The fraction of sp³-hybridized carbons (Fsp3) is 0.278. The largest absolute Gasteiger partial charge is 0.494 e. The van der Waals surface area contributed by atoms with E-state index in [0.717, 1.165) is 11.0 Å². The normalized spacial score (nSPS) is 10.5. The Hall–Kier alpha value is -2.29. The first-order chi connectivity index (χ1) is 11.8. The van der Waals surface area contributed by atoms with E-state index in [1.54, 1.807) is 0 Å². The summed E-state index contributed by atoms with van der Waals surface area (Å²) in [5.74, 6) is -1.02. The van der Waals surface area contributed by atoms with Crippen LogP contribution in [0.4, 0.5) is 0 Å². The number of benzene rings is 1. The van der Waals surface area contributed by atoms with Crippen LogP contribution in [0.3, 0.4) is 0 Å². The summed E-state index contributed by atoms with van der Waals surface area (Å²) < 4.78 is 1.06. The highest BCUT2D eigenvalue weighted by Crippen LogP contribution is 2.29. The van der Waals surface area contributed by atoms with Crippen LogP contribution in [0, 0.1) is 18.3 Å². The molecule has 0 bridgehead atoms. The number of nitrogens with zero attached hydrogens (tertiary/aromatic N) is 2. The Bertz CT molecular complexity index is 943. The summed E-state index contributed by atoms with van der Waals surface area (Å²) in [6.45, 7) is 3.60. The Labute approximate surface area is 155 Å². The molecule has 2 rings (SSSR count). The summed E-state index contributed by atoms with van der Waals surface area (Å²) in [6.07, 6.45) is 1.41. The summed E-state index contributed by atoms with van der Waals surface area (Å²) in [5, 5.41) is 20.3. The molecular formula is C18H16Cl2N2O3. The molecule has 0 fully saturated rings.